The molecule has 0 aliphatic carbocycles. The summed E-state index contributed by atoms with van der Waals surface area (Å²) in [5.74, 6) is -1.46. The molecule has 0 spiro atoms. The molecule has 0 bridgehead atoms. The first-order valence-corrected chi connectivity index (χ1v) is 11.9. The lowest BCUT2D eigenvalue weighted by molar-refractivity contribution is -0.140. The van der Waals surface area contributed by atoms with Crippen LogP contribution in [0.25, 0.3) is 0 Å². The van der Waals surface area contributed by atoms with Gasteiger partial charge >= 0.3 is 11.9 Å². The Morgan fingerprint density at radius 2 is 2.13 bits per heavy atom. The molecule has 1 aromatic carbocycles. The van der Waals surface area contributed by atoms with Crippen LogP contribution in [0.5, 0.6) is 0 Å². The molecule has 31 heavy (non-hydrogen) atoms. The van der Waals surface area contributed by atoms with E-state index in [2.05, 4.69) is 41.8 Å². The second-order valence-electron chi connectivity index (χ2n) is 6.49. The predicted octanol–water partition coefficient (Wildman–Crippen LogP) is 4.32. The second kappa shape index (κ2) is 10.0. The number of aliphatic imine (C=N–C) groups is 1. The van der Waals surface area contributed by atoms with Crippen molar-refractivity contribution >= 4 is 61.0 Å². The van der Waals surface area contributed by atoms with Crippen molar-refractivity contribution < 1.29 is 23.8 Å². The van der Waals surface area contributed by atoms with Gasteiger partial charge in [0.1, 0.15) is 5.82 Å². The standard InChI is InChI=1S/C20H18Br2FN3O4S/c1-3-26-17(12-5-4-10(23)6-13(12)22)16(20(28)29)14(8-21)25-18(26)19-24-11(9-31-19)7-15(27)30-2/h4-6,9,17H,3,7-8H2,1-2H3,(H,28,29). The van der Waals surface area contributed by atoms with Crippen molar-refractivity contribution in [2.75, 3.05) is 19.0 Å². The molecule has 1 aliphatic rings. The molecule has 1 N–H and O–H groups in total. The van der Waals surface area contributed by atoms with E-state index in [0.717, 1.165) is 0 Å². The zero-order chi connectivity index (χ0) is 22.7. The number of benzene rings is 1. The average molecular weight is 575 g/mol. The minimum absolute atomic E-state index is 0.0286. The molecule has 7 nitrogen and oxygen atoms in total. The molecule has 0 saturated carbocycles. The fourth-order valence-corrected chi connectivity index (χ4v) is 5.11. The lowest BCUT2D eigenvalue weighted by Gasteiger charge is -2.37. The number of carbonyl (C=O) groups is 2. The summed E-state index contributed by atoms with van der Waals surface area (Å²) in [5, 5.41) is 12.5. The Labute approximate surface area is 198 Å². The number of carboxylic acids is 1. The lowest BCUT2D eigenvalue weighted by Crippen LogP contribution is -2.41. The molecule has 0 amide bonds. The fraction of sp³-hybridized carbons (Fsp3) is 0.300. The number of hydrogen-bond acceptors (Lipinski definition) is 7. The highest BCUT2D eigenvalue weighted by Gasteiger charge is 2.38. The van der Waals surface area contributed by atoms with Crippen LogP contribution in [0.2, 0.25) is 0 Å². The largest absolute Gasteiger partial charge is 0.478 e. The Morgan fingerprint density at radius 3 is 2.71 bits per heavy atom. The molecule has 1 aromatic heterocycles. The number of esters is 1. The van der Waals surface area contributed by atoms with Crippen LogP contribution >= 0.6 is 43.2 Å². The molecule has 1 aliphatic heterocycles. The number of aromatic nitrogens is 1. The summed E-state index contributed by atoms with van der Waals surface area (Å²) in [6.45, 7) is 2.30. The number of ether oxygens (including phenoxy) is 1. The number of nitrogens with zero attached hydrogens (tertiary/aromatic N) is 3. The third-order valence-corrected chi connectivity index (χ3v) is 6.76. The third-order valence-electron chi connectivity index (χ3n) is 4.66. The maximum Gasteiger partial charge on any atom is 0.335 e. The highest BCUT2D eigenvalue weighted by Crippen LogP contribution is 2.40. The second-order valence-corrected chi connectivity index (χ2v) is 8.76. The summed E-state index contributed by atoms with van der Waals surface area (Å²) in [4.78, 5) is 34.7. The number of amidine groups is 1. The van der Waals surface area contributed by atoms with Gasteiger partial charge in [-0.3, -0.25) is 4.79 Å². The SMILES string of the molecule is CCN1C(c2nc(CC(=O)OC)cs2)=NC(CBr)=C(C(=O)O)C1c1ccc(F)cc1Br. The van der Waals surface area contributed by atoms with Crippen LogP contribution in [-0.2, 0) is 20.7 Å². The van der Waals surface area contributed by atoms with E-state index in [1.807, 2.05) is 11.8 Å². The first kappa shape index (κ1) is 23.6. The van der Waals surface area contributed by atoms with Crippen LogP contribution in [-0.4, -0.2) is 51.7 Å². The van der Waals surface area contributed by atoms with Gasteiger partial charge in [0, 0.05) is 21.7 Å². The molecule has 2 heterocycles. The number of methoxy groups -OCH3 is 1. The molecule has 1 unspecified atom stereocenters. The van der Waals surface area contributed by atoms with E-state index in [1.54, 1.807) is 11.4 Å². The summed E-state index contributed by atoms with van der Waals surface area (Å²) in [6, 6.07) is 3.45. The number of rotatable bonds is 7. The molecule has 11 heteroatoms. The summed E-state index contributed by atoms with van der Waals surface area (Å²) in [5.41, 5.74) is 1.58. The van der Waals surface area contributed by atoms with E-state index in [4.69, 9.17) is 4.74 Å². The molecule has 0 fully saturated rings. The van der Waals surface area contributed by atoms with Crippen molar-refractivity contribution in [1.82, 2.24) is 9.88 Å². The van der Waals surface area contributed by atoms with Gasteiger partial charge in [0.15, 0.2) is 10.8 Å². The molecular formula is C20H18Br2FN3O4S. The monoisotopic (exact) mass is 573 g/mol. The van der Waals surface area contributed by atoms with Crippen molar-refractivity contribution in [1.29, 1.82) is 0 Å². The zero-order valence-electron chi connectivity index (χ0n) is 16.6. The van der Waals surface area contributed by atoms with Crippen LogP contribution in [0.1, 0.15) is 29.2 Å². The lowest BCUT2D eigenvalue weighted by atomic mass is 9.93. The number of likely N-dealkylation sites (N-methyl/N-ethyl adjacent to an activating group) is 1. The maximum atomic E-state index is 13.7. The van der Waals surface area contributed by atoms with Gasteiger partial charge in [-0.05, 0) is 24.6 Å². The van der Waals surface area contributed by atoms with Crippen molar-refractivity contribution in [3.05, 3.63) is 61.4 Å². The number of carbonyl (C=O) groups excluding carboxylic acids is 1. The van der Waals surface area contributed by atoms with Gasteiger partial charge in [0.25, 0.3) is 0 Å². The average Bonchev–Trinajstić information content (AvgIpc) is 3.20. The minimum Gasteiger partial charge on any atom is -0.478 e. The van der Waals surface area contributed by atoms with E-state index < -0.39 is 23.8 Å². The molecule has 164 valence electrons. The third kappa shape index (κ3) is 4.88. The van der Waals surface area contributed by atoms with E-state index in [9.17, 15) is 19.1 Å². The van der Waals surface area contributed by atoms with Crippen molar-refractivity contribution in [2.45, 2.75) is 19.4 Å². The normalized spacial score (nSPS) is 16.4. The first-order valence-electron chi connectivity index (χ1n) is 9.14. The Bertz CT molecular complexity index is 1090. The van der Waals surface area contributed by atoms with Crippen LogP contribution < -0.4 is 0 Å². The van der Waals surface area contributed by atoms with E-state index in [-0.39, 0.29) is 17.3 Å². The van der Waals surface area contributed by atoms with Crippen molar-refractivity contribution in [3.63, 3.8) is 0 Å². The summed E-state index contributed by atoms with van der Waals surface area (Å²) >= 11 is 8.02. The summed E-state index contributed by atoms with van der Waals surface area (Å²) in [7, 11) is 1.31. The van der Waals surface area contributed by atoms with Crippen LogP contribution in [0.3, 0.4) is 0 Å². The number of aliphatic carboxylic acids is 1. The minimum atomic E-state index is -1.11. The van der Waals surface area contributed by atoms with Gasteiger partial charge in [-0.25, -0.2) is 19.2 Å². The van der Waals surface area contributed by atoms with Crippen LogP contribution in [0, 0.1) is 5.82 Å². The topological polar surface area (TPSA) is 92.1 Å². The highest BCUT2D eigenvalue weighted by atomic mass is 79.9. The van der Waals surface area contributed by atoms with Gasteiger partial charge in [0.05, 0.1) is 36.5 Å². The number of halogens is 3. The van der Waals surface area contributed by atoms with Gasteiger partial charge in [-0.15, -0.1) is 11.3 Å². The first-order chi connectivity index (χ1) is 14.8. The smallest absolute Gasteiger partial charge is 0.335 e. The quantitative estimate of drug-likeness (QED) is 0.391. The van der Waals surface area contributed by atoms with E-state index in [0.29, 0.717) is 38.8 Å². The predicted molar refractivity (Wildman–Crippen MR) is 122 cm³/mol. The van der Waals surface area contributed by atoms with Gasteiger partial charge < -0.3 is 14.7 Å². The molecular weight excluding hydrogens is 557 g/mol. The Hall–Kier alpha value is -2.11. The number of hydrogen-bond donors (Lipinski definition) is 1. The van der Waals surface area contributed by atoms with Crippen LogP contribution in [0.15, 0.2) is 44.3 Å². The van der Waals surface area contributed by atoms with Gasteiger partial charge in [0.2, 0.25) is 0 Å². The Morgan fingerprint density at radius 1 is 1.39 bits per heavy atom. The molecule has 2 aromatic rings. The summed E-state index contributed by atoms with van der Waals surface area (Å²) < 4.78 is 18.9. The highest BCUT2D eigenvalue weighted by molar-refractivity contribution is 9.10. The number of allylic oxidation sites excluding steroid dienone is 1. The molecule has 1 atom stereocenters. The van der Waals surface area contributed by atoms with Gasteiger partial charge in [-0.1, -0.05) is 37.9 Å². The molecule has 0 saturated heterocycles. The van der Waals surface area contributed by atoms with E-state index in [1.165, 1.54) is 30.6 Å². The Balaban J connectivity index is 2.16. The Kier molecular flexibility index (Phi) is 7.60. The van der Waals surface area contributed by atoms with Crippen molar-refractivity contribution in [3.8, 4) is 0 Å². The van der Waals surface area contributed by atoms with E-state index >= 15 is 0 Å². The number of thiazole rings is 1. The molecule has 0 radical (unpaired) electrons. The molecule has 3 rings (SSSR count). The van der Waals surface area contributed by atoms with Crippen LogP contribution in [0.4, 0.5) is 4.39 Å². The fourth-order valence-electron chi connectivity index (χ4n) is 3.29. The summed E-state index contributed by atoms with van der Waals surface area (Å²) in [6.07, 6.45) is 0.0286. The number of alkyl halides is 1. The van der Waals surface area contributed by atoms with Crippen molar-refractivity contribution in [2.24, 2.45) is 4.99 Å². The zero-order valence-corrected chi connectivity index (χ0v) is 20.6. The maximum absolute atomic E-state index is 13.7. The van der Waals surface area contributed by atoms with Gasteiger partial charge in [-0.2, -0.15) is 0 Å². The number of carboxylic acid groups (broad SMARTS) is 1.